The molecule has 0 fully saturated rings. The second kappa shape index (κ2) is 5.49. The van der Waals surface area contributed by atoms with Crippen molar-refractivity contribution in [3.8, 4) is 0 Å². The van der Waals surface area contributed by atoms with Crippen LogP contribution in [0.1, 0.15) is 10.4 Å². The molecular weight excluding hydrogens is 364 g/mol. The Balaban J connectivity index is 2.23. The number of pyridine rings is 1. The fraction of sp³-hybridized carbons (Fsp3) is 0. The Bertz CT molecular complexity index is 585. The highest BCUT2D eigenvalue weighted by molar-refractivity contribution is 9.11. The van der Waals surface area contributed by atoms with Crippen molar-refractivity contribution in [1.29, 1.82) is 0 Å². The third-order valence-corrected chi connectivity index (χ3v) is 3.39. The first kappa shape index (κ1) is 13.0. The van der Waals surface area contributed by atoms with E-state index in [9.17, 15) is 4.79 Å². The largest absolute Gasteiger partial charge is 0.478 e. The molecular formula is C12H8Br2N2O2. The molecule has 2 rings (SSSR count). The molecule has 0 saturated carbocycles. The molecule has 6 heteroatoms. The molecule has 0 aliphatic heterocycles. The maximum absolute atomic E-state index is 10.7. The van der Waals surface area contributed by atoms with Crippen LogP contribution in [0.2, 0.25) is 0 Å². The predicted molar refractivity (Wildman–Crippen MR) is 76.3 cm³/mol. The highest BCUT2D eigenvalue weighted by atomic mass is 79.9. The number of anilines is 2. The Morgan fingerprint density at radius 1 is 1.22 bits per heavy atom. The number of hydrogen-bond acceptors (Lipinski definition) is 3. The zero-order chi connectivity index (χ0) is 13.1. The number of nitrogens with one attached hydrogen (secondary N) is 1. The summed E-state index contributed by atoms with van der Waals surface area (Å²) in [6.45, 7) is 0. The van der Waals surface area contributed by atoms with E-state index in [1.165, 1.54) is 12.3 Å². The van der Waals surface area contributed by atoms with Crippen molar-refractivity contribution in [2.24, 2.45) is 0 Å². The summed E-state index contributed by atoms with van der Waals surface area (Å²) in [5, 5.41) is 11.9. The van der Waals surface area contributed by atoms with Gasteiger partial charge in [0.15, 0.2) is 0 Å². The molecule has 4 nitrogen and oxygen atoms in total. The van der Waals surface area contributed by atoms with Gasteiger partial charge < -0.3 is 10.4 Å². The number of carboxylic acids is 1. The van der Waals surface area contributed by atoms with E-state index < -0.39 is 5.97 Å². The molecule has 1 heterocycles. The van der Waals surface area contributed by atoms with Gasteiger partial charge in [-0.1, -0.05) is 15.9 Å². The van der Waals surface area contributed by atoms with Crippen LogP contribution in [0.3, 0.4) is 0 Å². The summed E-state index contributed by atoms with van der Waals surface area (Å²) in [5.41, 5.74) is 1.01. The number of carbonyl (C=O) groups is 1. The van der Waals surface area contributed by atoms with E-state index in [0.717, 1.165) is 14.6 Å². The van der Waals surface area contributed by atoms with Gasteiger partial charge in [-0.3, -0.25) is 0 Å². The number of halogens is 2. The highest BCUT2D eigenvalue weighted by Gasteiger charge is 2.05. The van der Waals surface area contributed by atoms with E-state index in [1.54, 1.807) is 6.07 Å². The normalized spacial score (nSPS) is 10.1. The van der Waals surface area contributed by atoms with Crippen molar-refractivity contribution in [3.63, 3.8) is 0 Å². The number of aromatic carboxylic acids is 1. The number of nitrogens with zero attached hydrogens (tertiary/aromatic N) is 1. The molecule has 0 amide bonds. The summed E-state index contributed by atoms with van der Waals surface area (Å²) in [6.07, 6.45) is 1.32. The Hall–Kier alpha value is -1.40. The first-order chi connectivity index (χ1) is 8.56. The topological polar surface area (TPSA) is 62.2 Å². The van der Waals surface area contributed by atoms with E-state index >= 15 is 0 Å². The minimum absolute atomic E-state index is 0.161. The Morgan fingerprint density at radius 2 is 2.00 bits per heavy atom. The van der Waals surface area contributed by atoms with Gasteiger partial charge in [0.1, 0.15) is 5.82 Å². The average Bonchev–Trinajstić information content (AvgIpc) is 2.34. The van der Waals surface area contributed by atoms with Crippen molar-refractivity contribution in [2.75, 3.05) is 5.32 Å². The van der Waals surface area contributed by atoms with E-state index in [0.29, 0.717) is 5.82 Å². The maximum Gasteiger partial charge on any atom is 0.337 e. The molecule has 2 aromatic rings. The molecule has 92 valence electrons. The van der Waals surface area contributed by atoms with E-state index in [1.807, 2.05) is 18.2 Å². The van der Waals surface area contributed by atoms with Crippen LogP contribution in [0.15, 0.2) is 45.5 Å². The summed E-state index contributed by atoms with van der Waals surface area (Å²) in [7, 11) is 0. The lowest BCUT2D eigenvalue weighted by Gasteiger charge is -2.08. The zero-order valence-electron chi connectivity index (χ0n) is 9.02. The molecule has 0 spiro atoms. The number of benzene rings is 1. The fourth-order valence-electron chi connectivity index (χ4n) is 1.33. The quantitative estimate of drug-likeness (QED) is 0.854. The molecule has 18 heavy (non-hydrogen) atoms. The zero-order valence-corrected chi connectivity index (χ0v) is 12.2. The van der Waals surface area contributed by atoms with Crippen molar-refractivity contribution in [2.45, 2.75) is 0 Å². The van der Waals surface area contributed by atoms with Gasteiger partial charge in [0, 0.05) is 15.1 Å². The van der Waals surface area contributed by atoms with Gasteiger partial charge in [-0.25, -0.2) is 9.78 Å². The van der Waals surface area contributed by atoms with Crippen LogP contribution >= 0.6 is 31.9 Å². The van der Waals surface area contributed by atoms with Crippen LogP contribution in [-0.2, 0) is 0 Å². The molecule has 0 bridgehead atoms. The lowest BCUT2D eigenvalue weighted by Crippen LogP contribution is -1.99. The second-order valence-corrected chi connectivity index (χ2v) is 5.26. The Morgan fingerprint density at radius 3 is 2.61 bits per heavy atom. The SMILES string of the molecule is O=C(O)c1ccc(Nc2cc(Br)ccc2Br)nc1. The third-order valence-electron chi connectivity index (χ3n) is 2.20. The first-order valence-corrected chi connectivity index (χ1v) is 6.56. The molecule has 0 unspecified atom stereocenters. The molecule has 0 aliphatic rings. The van der Waals surface area contributed by atoms with Crippen molar-refractivity contribution in [1.82, 2.24) is 4.98 Å². The average molecular weight is 372 g/mol. The molecule has 1 aromatic carbocycles. The van der Waals surface area contributed by atoms with Gasteiger partial charge in [-0.15, -0.1) is 0 Å². The highest BCUT2D eigenvalue weighted by Crippen LogP contribution is 2.28. The van der Waals surface area contributed by atoms with Crippen LogP contribution < -0.4 is 5.32 Å². The van der Waals surface area contributed by atoms with E-state index in [2.05, 4.69) is 42.2 Å². The number of aromatic nitrogens is 1. The molecule has 1 aromatic heterocycles. The first-order valence-electron chi connectivity index (χ1n) is 4.97. The van der Waals surface area contributed by atoms with Gasteiger partial charge in [0.05, 0.1) is 11.3 Å². The van der Waals surface area contributed by atoms with Crippen molar-refractivity contribution in [3.05, 3.63) is 51.0 Å². The third kappa shape index (κ3) is 3.08. The summed E-state index contributed by atoms with van der Waals surface area (Å²) in [4.78, 5) is 14.7. The van der Waals surface area contributed by atoms with E-state index in [4.69, 9.17) is 5.11 Å². The Kier molecular flexibility index (Phi) is 3.98. The van der Waals surface area contributed by atoms with Crippen molar-refractivity contribution >= 4 is 49.3 Å². The molecule has 0 atom stereocenters. The maximum atomic E-state index is 10.7. The van der Waals surface area contributed by atoms with Gasteiger partial charge in [0.25, 0.3) is 0 Å². The van der Waals surface area contributed by atoms with Crippen LogP contribution in [0.4, 0.5) is 11.5 Å². The lowest BCUT2D eigenvalue weighted by atomic mass is 10.3. The van der Waals surface area contributed by atoms with E-state index in [-0.39, 0.29) is 5.56 Å². The number of carboxylic acid groups (broad SMARTS) is 1. The standard InChI is InChI=1S/C12H8Br2N2O2/c13-8-2-3-9(14)10(5-8)16-11-4-1-7(6-15-11)12(17)18/h1-6H,(H,15,16)(H,17,18). The second-order valence-electron chi connectivity index (χ2n) is 3.49. The molecule has 0 aliphatic carbocycles. The molecule has 0 saturated heterocycles. The number of hydrogen-bond donors (Lipinski definition) is 2. The van der Waals surface area contributed by atoms with Crippen LogP contribution in [0, 0.1) is 0 Å². The Labute approximate surface area is 120 Å². The minimum atomic E-state index is -0.988. The summed E-state index contributed by atoms with van der Waals surface area (Å²) < 4.78 is 1.84. The monoisotopic (exact) mass is 370 g/mol. The number of rotatable bonds is 3. The van der Waals surface area contributed by atoms with Gasteiger partial charge in [-0.05, 0) is 46.3 Å². The predicted octanol–water partition coefficient (Wildman–Crippen LogP) is 4.05. The van der Waals surface area contributed by atoms with Gasteiger partial charge in [-0.2, -0.15) is 0 Å². The molecule has 0 radical (unpaired) electrons. The van der Waals surface area contributed by atoms with Gasteiger partial charge >= 0.3 is 5.97 Å². The van der Waals surface area contributed by atoms with Gasteiger partial charge in [0.2, 0.25) is 0 Å². The van der Waals surface area contributed by atoms with Crippen molar-refractivity contribution < 1.29 is 9.90 Å². The van der Waals surface area contributed by atoms with Crippen LogP contribution in [0.5, 0.6) is 0 Å². The fourth-order valence-corrected chi connectivity index (χ4v) is 2.03. The summed E-state index contributed by atoms with van der Waals surface area (Å²) in [6, 6.07) is 8.84. The smallest absolute Gasteiger partial charge is 0.337 e. The lowest BCUT2D eigenvalue weighted by molar-refractivity contribution is 0.0696. The molecule has 2 N–H and O–H groups in total. The van der Waals surface area contributed by atoms with Crippen LogP contribution in [-0.4, -0.2) is 16.1 Å². The van der Waals surface area contributed by atoms with Crippen LogP contribution in [0.25, 0.3) is 0 Å². The summed E-state index contributed by atoms with van der Waals surface area (Å²) in [5.74, 6) is -0.406. The minimum Gasteiger partial charge on any atom is -0.478 e. The summed E-state index contributed by atoms with van der Waals surface area (Å²) >= 11 is 6.80.